The van der Waals surface area contributed by atoms with E-state index in [4.69, 9.17) is 5.73 Å². The molecule has 2 rings (SSSR count). The summed E-state index contributed by atoms with van der Waals surface area (Å²) >= 11 is 0. The van der Waals surface area contributed by atoms with Crippen LogP contribution in [0.25, 0.3) is 0 Å². The number of rotatable bonds is 7. The molecule has 5 nitrogen and oxygen atoms in total. The highest BCUT2D eigenvalue weighted by Gasteiger charge is 2.09. The summed E-state index contributed by atoms with van der Waals surface area (Å²) in [6.07, 6.45) is 6.69. The maximum absolute atomic E-state index is 6.04. The molecule has 2 heterocycles. The molecular weight excluding hydrogens is 238 g/mol. The largest absolute Gasteiger partial charge is 0.344 e. The molecule has 19 heavy (non-hydrogen) atoms. The van der Waals surface area contributed by atoms with Gasteiger partial charge in [0.05, 0.1) is 6.54 Å². The molecule has 104 valence electrons. The van der Waals surface area contributed by atoms with E-state index in [9.17, 15) is 0 Å². The summed E-state index contributed by atoms with van der Waals surface area (Å²) < 4.78 is 4.19. The number of aromatic nitrogens is 4. The van der Waals surface area contributed by atoms with Gasteiger partial charge in [-0.15, -0.1) is 0 Å². The predicted molar refractivity (Wildman–Crippen MR) is 75.8 cm³/mol. The van der Waals surface area contributed by atoms with E-state index in [1.807, 2.05) is 4.68 Å². The van der Waals surface area contributed by atoms with Gasteiger partial charge in [0.25, 0.3) is 0 Å². The first-order chi connectivity index (χ1) is 9.24. The van der Waals surface area contributed by atoms with Crippen LogP contribution in [0.1, 0.15) is 38.2 Å². The second-order valence-electron chi connectivity index (χ2n) is 4.90. The summed E-state index contributed by atoms with van der Waals surface area (Å²) in [5.74, 6) is 1.00. The van der Waals surface area contributed by atoms with Crippen LogP contribution in [-0.4, -0.2) is 25.4 Å². The second kappa shape index (κ2) is 6.52. The zero-order chi connectivity index (χ0) is 13.7. The van der Waals surface area contributed by atoms with Crippen LogP contribution in [0.5, 0.6) is 0 Å². The van der Waals surface area contributed by atoms with Gasteiger partial charge in [0.15, 0.2) is 0 Å². The van der Waals surface area contributed by atoms with E-state index in [2.05, 4.69) is 46.8 Å². The monoisotopic (exact) mass is 261 g/mol. The van der Waals surface area contributed by atoms with Gasteiger partial charge in [0.1, 0.15) is 12.2 Å². The Bertz CT molecular complexity index is 499. The van der Waals surface area contributed by atoms with E-state index >= 15 is 0 Å². The van der Waals surface area contributed by atoms with Gasteiger partial charge < -0.3 is 10.3 Å². The van der Waals surface area contributed by atoms with Crippen molar-refractivity contribution in [2.75, 3.05) is 0 Å². The first-order valence-corrected chi connectivity index (χ1v) is 7.00. The third-order valence-corrected chi connectivity index (χ3v) is 3.36. The van der Waals surface area contributed by atoms with Crippen LogP contribution < -0.4 is 5.73 Å². The molecule has 1 atom stereocenters. The van der Waals surface area contributed by atoms with Crippen molar-refractivity contribution < 1.29 is 0 Å². The van der Waals surface area contributed by atoms with E-state index in [-0.39, 0.29) is 6.04 Å². The van der Waals surface area contributed by atoms with Crippen molar-refractivity contribution in [2.45, 2.75) is 52.2 Å². The minimum Gasteiger partial charge on any atom is -0.344 e. The third-order valence-electron chi connectivity index (χ3n) is 3.36. The van der Waals surface area contributed by atoms with Crippen LogP contribution in [0.2, 0.25) is 0 Å². The minimum atomic E-state index is 0.224. The zero-order valence-electron chi connectivity index (χ0n) is 11.8. The van der Waals surface area contributed by atoms with Crippen LogP contribution in [0, 0.1) is 0 Å². The molecule has 0 saturated carbocycles. The van der Waals surface area contributed by atoms with Crippen molar-refractivity contribution >= 4 is 0 Å². The van der Waals surface area contributed by atoms with E-state index in [1.165, 1.54) is 5.69 Å². The summed E-state index contributed by atoms with van der Waals surface area (Å²) in [7, 11) is 0. The summed E-state index contributed by atoms with van der Waals surface area (Å²) in [4.78, 5) is 4.35. The molecule has 1 unspecified atom stereocenters. The van der Waals surface area contributed by atoms with Crippen molar-refractivity contribution in [3.63, 3.8) is 0 Å². The van der Waals surface area contributed by atoms with Gasteiger partial charge in [-0.3, -0.25) is 0 Å². The smallest absolute Gasteiger partial charge is 0.146 e. The fourth-order valence-corrected chi connectivity index (χ4v) is 2.16. The van der Waals surface area contributed by atoms with Gasteiger partial charge in [-0.25, -0.2) is 9.67 Å². The molecular formula is C14H23N5. The van der Waals surface area contributed by atoms with Gasteiger partial charge in [-0.2, -0.15) is 5.10 Å². The summed E-state index contributed by atoms with van der Waals surface area (Å²) in [6, 6.07) is 4.43. The maximum Gasteiger partial charge on any atom is 0.146 e. The first kappa shape index (κ1) is 13.8. The van der Waals surface area contributed by atoms with Gasteiger partial charge >= 0.3 is 0 Å². The standard InChI is InChI=1S/C14H23N5/c1-3-7-19-14(16-11-17-19)10-18-8-5-6-13(18)9-12(15)4-2/h5-6,8,11-12H,3-4,7,9-10,15H2,1-2H3. The predicted octanol–water partition coefficient (Wildman–Crippen LogP) is 1.82. The van der Waals surface area contributed by atoms with E-state index in [0.29, 0.717) is 0 Å². The molecule has 0 saturated heterocycles. The third kappa shape index (κ3) is 3.44. The Morgan fingerprint density at radius 3 is 2.95 bits per heavy atom. The molecule has 0 aliphatic heterocycles. The summed E-state index contributed by atoms with van der Waals surface area (Å²) in [6.45, 7) is 5.95. The Labute approximate surface area is 114 Å². The van der Waals surface area contributed by atoms with Crippen LogP contribution in [0.3, 0.4) is 0 Å². The van der Waals surface area contributed by atoms with Crippen LogP contribution >= 0.6 is 0 Å². The highest BCUT2D eigenvalue weighted by Crippen LogP contribution is 2.09. The number of aryl methyl sites for hydroxylation is 1. The lowest BCUT2D eigenvalue weighted by Gasteiger charge is -2.13. The van der Waals surface area contributed by atoms with Gasteiger partial charge in [0, 0.05) is 30.9 Å². The molecule has 2 N–H and O–H groups in total. The Balaban J connectivity index is 2.10. The van der Waals surface area contributed by atoms with Gasteiger partial charge in [-0.1, -0.05) is 13.8 Å². The Hall–Kier alpha value is -1.62. The molecule has 2 aromatic rings. The average Bonchev–Trinajstić information content (AvgIpc) is 3.01. The second-order valence-corrected chi connectivity index (χ2v) is 4.90. The lowest BCUT2D eigenvalue weighted by Crippen LogP contribution is -2.23. The van der Waals surface area contributed by atoms with Crippen molar-refractivity contribution in [3.8, 4) is 0 Å². The fourth-order valence-electron chi connectivity index (χ4n) is 2.16. The SMILES string of the molecule is CCCn1ncnc1Cn1cccc1CC(N)CC. The molecule has 0 spiro atoms. The van der Waals surface area contributed by atoms with Crippen molar-refractivity contribution in [2.24, 2.45) is 5.73 Å². The van der Waals surface area contributed by atoms with E-state index < -0.39 is 0 Å². The summed E-state index contributed by atoms with van der Waals surface area (Å²) in [5, 5.41) is 4.26. The average molecular weight is 261 g/mol. The van der Waals surface area contributed by atoms with Crippen molar-refractivity contribution in [3.05, 3.63) is 36.2 Å². The van der Waals surface area contributed by atoms with Crippen LogP contribution in [0.15, 0.2) is 24.7 Å². The Kier molecular flexibility index (Phi) is 4.74. The zero-order valence-corrected chi connectivity index (χ0v) is 11.8. The normalized spacial score (nSPS) is 12.8. The minimum absolute atomic E-state index is 0.224. The lowest BCUT2D eigenvalue weighted by atomic mass is 10.1. The van der Waals surface area contributed by atoms with Crippen LogP contribution in [0.4, 0.5) is 0 Å². The highest BCUT2D eigenvalue weighted by molar-refractivity contribution is 5.10. The molecule has 0 amide bonds. The maximum atomic E-state index is 6.04. The quantitative estimate of drug-likeness (QED) is 0.827. The van der Waals surface area contributed by atoms with E-state index in [1.54, 1.807) is 6.33 Å². The van der Waals surface area contributed by atoms with Gasteiger partial charge in [-0.05, 0) is 25.0 Å². The molecule has 0 bridgehead atoms. The molecule has 0 aromatic carbocycles. The summed E-state index contributed by atoms with van der Waals surface area (Å²) in [5.41, 5.74) is 7.30. The van der Waals surface area contributed by atoms with Gasteiger partial charge in [0.2, 0.25) is 0 Å². The molecule has 5 heteroatoms. The molecule has 0 aliphatic carbocycles. The Morgan fingerprint density at radius 2 is 2.21 bits per heavy atom. The number of hydrogen-bond donors (Lipinski definition) is 1. The van der Waals surface area contributed by atoms with Crippen molar-refractivity contribution in [1.29, 1.82) is 0 Å². The number of nitrogens with two attached hydrogens (primary N) is 1. The topological polar surface area (TPSA) is 61.7 Å². The molecule has 0 radical (unpaired) electrons. The number of nitrogens with zero attached hydrogens (tertiary/aromatic N) is 4. The molecule has 0 aliphatic rings. The first-order valence-electron chi connectivity index (χ1n) is 7.00. The Morgan fingerprint density at radius 1 is 1.37 bits per heavy atom. The van der Waals surface area contributed by atoms with Crippen LogP contribution in [-0.2, 0) is 19.5 Å². The lowest BCUT2D eigenvalue weighted by molar-refractivity contribution is 0.543. The van der Waals surface area contributed by atoms with E-state index in [0.717, 1.165) is 38.2 Å². The van der Waals surface area contributed by atoms with Crippen molar-refractivity contribution in [1.82, 2.24) is 19.3 Å². The number of hydrogen-bond acceptors (Lipinski definition) is 3. The highest BCUT2D eigenvalue weighted by atomic mass is 15.3. The molecule has 2 aromatic heterocycles. The fraction of sp³-hybridized carbons (Fsp3) is 0.571. The molecule has 0 fully saturated rings.